The highest BCUT2D eigenvalue weighted by Crippen LogP contribution is 2.25. The van der Waals surface area contributed by atoms with Crippen LogP contribution in [0.25, 0.3) is 6.08 Å². The first kappa shape index (κ1) is 12.5. The van der Waals surface area contributed by atoms with Crippen molar-refractivity contribution in [1.29, 1.82) is 0 Å². The van der Waals surface area contributed by atoms with Crippen LogP contribution in [0.5, 0.6) is 0 Å². The first-order valence-electron chi connectivity index (χ1n) is 5.44. The molecule has 2 N–H and O–H groups in total. The maximum atomic E-state index is 11.2. The molecule has 1 amide bonds. The Kier molecular flexibility index (Phi) is 3.88. The lowest BCUT2D eigenvalue weighted by Gasteiger charge is -2.20. The minimum absolute atomic E-state index is 0.256. The lowest BCUT2D eigenvalue weighted by molar-refractivity contribution is -0.125. The topological polar surface area (TPSA) is 43.1 Å². The summed E-state index contributed by atoms with van der Waals surface area (Å²) in [5.41, 5.74) is 7.18. The van der Waals surface area contributed by atoms with E-state index in [0.29, 0.717) is 6.42 Å². The van der Waals surface area contributed by atoms with Crippen LogP contribution in [0.4, 0.5) is 0 Å². The van der Waals surface area contributed by atoms with E-state index in [1.807, 2.05) is 51.1 Å². The summed E-state index contributed by atoms with van der Waals surface area (Å²) in [6.07, 6.45) is 2.78. The number of rotatable bonds is 4. The minimum Gasteiger partial charge on any atom is -0.369 e. The Balaban J connectivity index is 2.77. The van der Waals surface area contributed by atoms with Gasteiger partial charge in [0.2, 0.25) is 5.91 Å². The molecule has 0 atom stereocenters. The largest absolute Gasteiger partial charge is 0.369 e. The summed E-state index contributed by atoms with van der Waals surface area (Å²) >= 11 is 0. The second-order valence-electron chi connectivity index (χ2n) is 4.83. The molecule has 0 saturated carbocycles. The molecule has 0 aliphatic carbocycles. The third-order valence-electron chi connectivity index (χ3n) is 2.60. The van der Waals surface area contributed by atoms with E-state index in [-0.39, 0.29) is 5.91 Å². The smallest absolute Gasteiger partial charge is 0.223 e. The summed E-state index contributed by atoms with van der Waals surface area (Å²) in [5.74, 6) is -0.256. The van der Waals surface area contributed by atoms with Crippen molar-refractivity contribution in [2.75, 3.05) is 0 Å². The van der Waals surface area contributed by atoms with Crippen molar-refractivity contribution >= 4 is 12.0 Å². The summed E-state index contributed by atoms with van der Waals surface area (Å²) < 4.78 is 0. The number of hydrogen-bond donors (Lipinski definition) is 1. The molecule has 0 aromatic heterocycles. The van der Waals surface area contributed by atoms with Gasteiger partial charge in [-0.15, -0.1) is 0 Å². The summed E-state index contributed by atoms with van der Waals surface area (Å²) in [4.78, 5) is 11.2. The molecule has 2 heteroatoms. The molecule has 0 heterocycles. The van der Waals surface area contributed by atoms with Crippen molar-refractivity contribution in [2.45, 2.75) is 27.2 Å². The molecule has 0 aliphatic heterocycles. The van der Waals surface area contributed by atoms with Crippen LogP contribution in [0, 0.1) is 5.41 Å². The highest BCUT2D eigenvalue weighted by molar-refractivity contribution is 5.80. The van der Waals surface area contributed by atoms with Crippen LogP contribution < -0.4 is 5.73 Å². The maximum absolute atomic E-state index is 11.2. The number of hydrogen-bond acceptors (Lipinski definition) is 1. The Morgan fingerprint density at radius 3 is 2.38 bits per heavy atom. The van der Waals surface area contributed by atoms with Crippen LogP contribution >= 0.6 is 0 Å². The van der Waals surface area contributed by atoms with Gasteiger partial charge in [-0.3, -0.25) is 4.79 Å². The molecule has 0 bridgehead atoms. The Morgan fingerprint density at radius 2 is 1.88 bits per heavy atom. The molecule has 0 spiro atoms. The molecule has 1 aromatic carbocycles. The number of amides is 1. The monoisotopic (exact) mass is 217 g/mol. The van der Waals surface area contributed by atoms with E-state index >= 15 is 0 Å². The summed E-state index contributed by atoms with van der Waals surface area (Å²) in [5, 5.41) is 0. The fourth-order valence-corrected chi connectivity index (χ4v) is 1.67. The van der Waals surface area contributed by atoms with Gasteiger partial charge in [-0.1, -0.05) is 55.8 Å². The van der Waals surface area contributed by atoms with Crippen LogP contribution in [0.1, 0.15) is 32.8 Å². The van der Waals surface area contributed by atoms with E-state index in [9.17, 15) is 4.79 Å². The molecule has 1 aromatic rings. The second kappa shape index (κ2) is 4.97. The van der Waals surface area contributed by atoms with Gasteiger partial charge >= 0.3 is 0 Å². The molecule has 2 nitrogen and oxygen atoms in total. The molecule has 0 saturated heterocycles. The van der Waals surface area contributed by atoms with Gasteiger partial charge in [-0.05, 0) is 18.9 Å². The van der Waals surface area contributed by atoms with Crippen molar-refractivity contribution in [3.8, 4) is 0 Å². The Labute approximate surface area is 97.2 Å². The molecule has 1 rings (SSSR count). The van der Waals surface area contributed by atoms with Crippen LogP contribution in [-0.4, -0.2) is 5.91 Å². The third kappa shape index (κ3) is 3.54. The van der Waals surface area contributed by atoms with E-state index in [1.165, 1.54) is 0 Å². The lowest BCUT2D eigenvalue weighted by Crippen LogP contribution is -2.31. The van der Waals surface area contributed by atoms with Gasteiger partial charge in [0, 0.05) is 5.41 Å². The number of allylic oxidation sites excluding steroid dienone is 1. The van der Waals surface area contributed by atoms with Crippen molar-refractivity contribution in [3.63, 3.8) is 0 Å². The van der Waals surface area contributed by atoms with Crippen molar-refractivity contribution in [2.24, 2.45) is 11.1 Å². The molecule has 0 aliphatic rings. The summed E-state index contributed by atoms with van der Waals surface area (Å²) in [6.45, 7) is 5.77. The maximum Gasteiger partial charge on any atom is 0.223 e. The Morgan fingerprint density at radius 1 is 1.31 bits per heavy atom. The van der Waals surface area contributed by atoms with E-state index in [1.54, 1.807) is 0 Å². The fourth-order valence-electron chi connectivity index (χ4n) is 1.67. The van der Waals surface area contributed by atoms with Crippen LogP contribution in [0.3, 0.4) is 0 Å². The van der Waals surface area contributed by atoms with Gasteiger partial charge in [-0.25, -0.2) is 0 Å². The van der Waals surface area contributed by atoms with E-state index in [2.05, 4.69) is 6.08 Å². The second-order valence-corrected chi connectivity index (χ2v) is 4.83. The van der Waals surface area contributed by atoms with Crippen molar-refractivity contribution in [1.82, 2.24) is 0 Å². The average molecular weight is 217 g/mol. The van der Waals surface area contributed by atoms with Crippen molar-refractivity contribution in [3.05, 3.63) is 41.5 Å². The van der Waals surface area contributed by atoms with Crippen LogP contribution in [0.2, 0.25) is 0 Å². The zero-order chi connectivity index (χ0) is 12.2. The highest BCUT2D eigenvalue weighted by Gasteiger charge is 2.24. The first-order valence-corrected chi connectivity index (χ1v) is 5.44. The molecule has 16 heavy (non-hydrogen) atoms. The van der Waals surface area contributed by atoms with E-state index in [0.717, 1.165) is 11.1 Å². The number of primary amides is 1. The number of benzene rings is 1. The van der Waals surface area contributed by atoms with Gasteiger partial charge in [0.15, 0.2) is 0 Å². The van der Waals surface area contributed by atoms with Crippen LogP contribution in [-0.2, 0) is 4.79 Å². The first-order chi connectivity index (χ1) is 7.42. The number of carbonyl (C=O) groups excluding carboxylic acids is 1. The van der Waals surface area contributed by atoms with Gasteiger partial charge in [0.05, 0.1) is 0 Å². The summed E-state index contributed by atoms with van der Waals surface area (Å²) in [7, 11) is 0. The zero-order valence-electron chi connectivity index (χ0n) is 10.2. The zero-order valence-corrected chi connectivity index (χ0v) is 10.2. The van der Waals surface area contributed by atoms with Gasteiger partial charge in [0.1, 0.15) is 0 Å². The highest BCUT2D eigenvalue weighted by atomic mass is 16.1. The number of carbonyl (C=O) groups is 1. The quantitative estimate of drug-likeness (QED) is 0.827. The standard InChI is InChI=1S/C14H19NO/c1-11(10-14(2,3)13(15)16)9-12-7-5-4-6-8-12/h4-9H,10H2,1-3H3,(H2,15,16)/b11-9+. The predicted molar refractivity (Wildman–Crippen MR) is 67.7 cm³/mol. The molecule has 0 radical (unpaired) electrons. The SMILES string of the molecule is C/C(=C\c1ccccc1)CC(C)(C)C(N)=O. The minimum atomic E-state index is -0.477. The van der Waals surface area contributed by atoms with Gasteiger partial charge < -0.3 is 5.73 Å². The van der Waals surface area contributed by atoms with Crippen molar-refractivity contribution < 1.29 is 4.79 Å². The third-order valence-corrected chi connectivity index (χ3v) is 2.60. The van der Waals surface area contributed by atoms with E-state index < -0.39 is 5.41 Å². The molecule has 86 valence electrons. The molecule has 0 fully saturated rings. The van der Waals surface area contributed by atoms with Gasteiger partial charge in [0.25, 0.3) is 0 Å². The Hall–Kier alpha value is -1.57. The van der Waals surface area contributed by atoms with E-state index in [4.69, 9.17) is 5.73 Å². The molecule has 0 unspecified atom stereocenters. The fraction of sp³-hybridized carbons (Fsp3) is 0.357. The molecular weight excluding hydrogens is 198 g/mol. The lowest BCUT2D eigenvalue weighted by atomic mass is 9.85. The van der Waals surface area contributed by atoms with Gasteiger partial charge in [-0.2, -0.15) is 0 Å². The average Bonchev–Trinajstić information content (AvgIpc) is 2.17. The predicted octanol–water partition coefficient (Wildman–Crippen LogP) is 2.99. The Bertz CT molecular complexity index is 390. The summed E-state index contributed by atoms with van der Waals surface area (Å²) in [6, 6.07) is 10.1. The normalized spacial score (nSPS) is 12.6. The van der Waals surface area contributed by atoms with Crippen LogP contribution in [0.15, 0.2) is 35.9 Å². The molecular formula is C14H19NO. The number of nitrogens with two attached hydrogens (primary N) is 1.